The Bertz CT molecular complexity index is 694. The first-order chi connectivity index (χ1) is 11.5. The minimum Gasteiger partial charge on any atom is -0.363 e. The number of pyridine rings is 2. The van der Waals surface area contributed by atoms with Gasteiger partial charge in [-0.2, -0.15) is 0 Å². The highest BCUT2D eigenvalue weighted by Crippen LogP contribution is 2.17. The van der Waals surface area contributed by atoms with Crippen LogP contribution in [0.4, 0.5) is 11.6 Å². The maximum atomic E-state index is 12.6. The molecule has 1 amide bonds. The molecule has 1 aliphatic heterocycles. The van der Waals surface area contributed by atoms with E-state index in [1.807, 2.05) is 48.2 Å². The summed E-state index contributed by atoms with van der Waals surface area (Å²) in [5.41, 5.74) is 0.624. The van der Waals surface area contributed by atoms with Gasteiger partial charge in [-0.15, -0.1) is 0 Å². The summed E-state index contributed by atoms with van der Waals surface area (Å²) in [5, 5.41) is 0.626. The SMILES string of the molecule is CN(C)c1ccc(C(=O)N2CCN(c3ccc(Cl)cn3)CC2)cn1. The largest absolute Gasteiger partial charge is 0.363 e. The fourth-order valence-corrected chi connectivity index (χ4v) is 2.77. The quantitative estimate of drug-likeness (QED) is 0.853. The average molecular weight is 346 g/mol. The second-order valence-corrected chi connectivity index (χ2v) is 6.35. The van der Waals surface area contributed by atoms with Gasteiger partial charge in [-0.25, -0.2) is 9.97 Å². The minimum atomic E-state index is 0.0246. The van der Waals surface area contributed by atoms with Gasteiger partial charge in [0.1, 0.15) is 11.6 Å². The van der Waals surface area contributed by atoms with Crippen molar-refractivity contribution in [3.63, 3.8) is 0 Å². The molecule has 0 aromatic carbocycles. The predicted octanol–water partition coefficient (Wildman–Crippen LogP) is 2.16. The summed E-state index contributed by atoms with van der Waals surface area (Å²) in [6.45, 7) is 2.84. The van der Waals surface area contributed by atoms with Crippen molar-refractivity contribution in [1.82, 2.24) is 14.9 Å². The molecule has 0 saturated carbocycles. The zero-order valence-electron chi connectivity index (χ0n) is 13.8. The smallest absolute Gasteiger partial charge is 0.255 e. The van der Waals surface area contributed by atoms with Crippen LogP contribution in [-0.4, -0.2) is 61.0 Å². The fraction of sp³-hybridized carbons (Fsp3) is 0.353. The molecule has 2 aromatic rings. The lowest BCUT2D eigenvalue weighted by molar-refractivity contribution is 0.0746. The molecule has 2 aromatic heterocycles. The molecule has 6 nitrogen and oxygen atoms in total. The van der Waals surface area contributed by atoms with Crippen LogP contribution in [0, 0.1) is 0 Å². The number of carbonyl (C=O) groups is 1. The third kappa shape index (κ3) is 3.59. The van der Waals surface area contributed by atoms with Crippen molar-refractivity contribution in [2.45, 2.75) is 0 Å². The van der Waals surface area contributed by atoms with Gasteiger partial charge in [-0.1, -0.05) is 11.6 Å². The first kappa shape index (κ1) is 16.5. The van der Waals surface area contributed by atoms with Gasteiger partial charge >= 0.3 is 0 Å². The summed E-state index contributed by atoms with van der Waals surface area (Å²) in [6, 6.07) is 7.43. The molecule has 1 fully saturated rings. The van der Waals surface area contributed by atoms with Gasteiger partial charge in [0.25, 0.3) is 5.91 Å². The van der Waals surface area contributed by atoms with Crippen LogP contribution in [0.3, 0.4) is 0 Å². The van der Waals surface area contributed by atoms with Crippen LogP contribution in [0.5, 0.6) is 0 Å². The number of anilines is 2. The van der Waals surface area contributed by atoms with E-state index < -0.39 is 0 Å². The van der Waals surface area contributed by atoms with Crippen LogP contribution in [0.2, 0.25) is 5.02 Å². The molecule has 0 aliphatic carbocycles. The lowest BCUT2D eigenvalue weighted by Crippen LogP contribution is -2.49. The first-order valence-electron chi connectivity index (χ1n) is 7.84. The van der Waals surface area contributed by atoms with Crippen molar-refractivity contribution >= 4 is 29.1 Å². The highest BCUT2D eigenvalue weighted by Gasteiger charge is 2.23. The van der Waals surface area contributed by atoms with Gasteiger partial charge in [0.2, 0.25) is 0 Å². The summed E-state index contributed by atoms with van der Waals surface area (Å²) in [7, 11) is 3.85. The number of hydrogen-bond acceptors (Lipinski definition) is 5. The van der Waals surface area contributed by atoms with Crippen LogP contribution in [0.15, 0.2) is 36.7 Å². The summed E-state index contributed by atoms with van der Waals surface area (Å²) in [5.74, 6) is 1.75. The number of halogens is 1. The van der Waals surface area contributed by atoms with E-state index in [4.69, 9.17) is 11.6 Å². The van der Waals surface area contributed by atoms with E-state index in [0.29, 0.717) is 23.7 Å². The monoisotopic (exact) mass is 345 g/mol. The number of hydrogen-bond donors (Lipinski definition) is 0. The summed E-state index contributed by atoms with van der Waals surface area (Å²) in [6.07, 6.45) is 3.29. The summed E-state index contributed by atoms with van der Waals surface area (Å²) < 4.78 is 0. The maximum absolute atomic E-state index is 12.6. The number of carbonyl (C=O) groups excluding carboxylic acids is 1. The van der Waals surface area contributed by atoms with Gasteiger partial charge in [0.15, 0.2) is 0 Å². The molecular formula is C17H20ClN5O. The highest BCUT2D eigenvalue weighted by molar-refractivity contribution is 6.30. The Morgan fingerprint density at radius 3 is 2.33 bits per heavy atom. The van der Waals surface area contributed by atoms with Crippen molar-refractivity contribution < 1.29 is 4.79 Å². The Labute approximate surface area is 146 Å². The van der Waals surface area contributed by atoms with E-state index in [1.165, 1.54) is 0 Å². The molecule has 3 rings (SSSR count). The molecule has 0 N–H and O–H groups in total. The highest BCUT2D eigenvalue weighted by atomic mass is 35.5. The standard InChI is InChI=1S/C17H20ClN5O/c1-21(2)15-5-3-13(11-19-15)17(24)23-9-7-22(8-10-23)16-6-4-14(18)12-20-16/h3-6,11-12H,7-10H2,1-2H3. The molecule has 7 heteroatoms. The molecule has 3 heterocycles. The van der Waals surface area contributed by atoms with E-state index in [9.17, 15) is 4.79 Å². The average Bonchev–Trinajstić information content (AvgIpc) is 2.62. The number of aromatic nitrogens is 2. The molecule has 0 spiro atoms. The lowest BCUT2D eigenvalue weighted by Gasteiger charge is -2.35. The Hall–Kier alpha value is -2.34. The fourth-order valence-electron chi connectivity index (χ4n) is 2.65. The van der Waals surface area contributed by atoms with Crippen molar-refractivity contribution in [2.75, 3.05) is 50.1 Å². The lowest BCUT2D eigenvalue weighted by atomic mass is 10.2. The van der Waals surface area contributed by atoms with Crippen LogP contribution < -0.4 is 9.80 Å². The van der Waals surface area contributed by atoms with Gasteiger partial charge in [0, 0.05) is 52.7 Å². The van der Waals surface area contributed by atoms with Crippen LogP contribution in [-0.2, 0) is 0 Å². The summed E-state index contributed by atoms with van der Waals surface area (Å²) >= 11 is 5.87. The molecule has 0 bridgehead atoms. The van der Waals surface area contributed by atoms with E-state index in [2.05, 4.69) is 14.9 Å². The second-order valence-electron chi connectivity index (χ2n) is 5.91. The number of amides is 1. The molecule has 0 unspecified atom stereocenters. The van der Waals surface area contributed by atoms with Crippen LogP contribution >= 0.6 is 11.6 Å². The van der Waals surface area contributed by atoms with Gasteiger partial charge in [-0.05, 0) is 24.3 Å². The van der Waals surface area contributed by atoms with Crippen LogP contribution in [0.1, 0.15) is 10.4 Å². The number of piperazine rings is 1. The normalized spacial score (nSPS) is 14.6. The van der Waals surface area contributed by atoms with E-state index in [-0.39, 0.29) is 5.91 Å². The van der Waals surface area contributed by atoms with Crippen molar-refractivity contribution in [2.24, 2.45) is 0 Å². The third-order valence-corrected chi connectivity index (χ3v) is 4.28. The molecule has 24 heavy (non-hydrogen) atoms. The molecule has 1 saturated heterocycles. The van der Waals surface area contributed by atoms with E-state index in [1.54, 1.807) is 12.4 Å². The van der Waals surface area contributed by atoms with Gasteiger partial charge in [0.05, 0.1) is 10.6 Å². The maximum Gasteiger partial charge on any atom is 0.255 e. The van der Waals surface area contributed by atoms with Gasteiger partial charge < -0.3 is 14.7 Å². The van der Waals surface area contributed by atoms with E-state index in [0.717, 1.165) is 24.7 Å². The zero-order valence-corrected chi connectivity index (χ0v) is 14.6. The van der Waals surface area contributed by atoms with Crippen LogP contribution in [0.25, 0.3) is 0 Å². The number of nitrogens with zero attached hydrogens (tertiary/aromatic N) is 5. The van der Waals surface area contributed by atoms with Crippen molar-refractivity contribution in [3.8, 4) is 0 Å². The van der Waals surface area contributed by atoms with Crippen molar-refractivity contribution in [1.29, 1.82) is 0 Å². The second kappa shape index (κ2) is 7.05. The Kier molecular flexibility index (Phi) is 4.85. The van der Waals surface area contributed by atoms with Crippen molar-refractivity contribution in [3.05, 3.63) is 47.2 Å². The van der Waals surface area contributed by atoms with Gasteiger partial charge in [-0.3, -0.25) is 4.79 Å². The molecule has 1 aliphatic rings. The molecular weight excluding hydrogens is 326 g/mol. The Morgan fingerprint density at radius 2 is 1.79 bits per heavy atom. The molecule has 0 radical (unpaired) electrons. The minimum absolute atomic E-state index is 0.0246. The number of rotatable bonds is 3. The Morgan fingerprint density at radius 1 is 1.04 bits per heavy atom. The van der Waals surface area contributed by atoms with E-state index >= 15 is 0 Å². The first-order valence-corrected chi connectivity index (χ1v) is 8.21. The zero-order chi connectivity index (χ0) is 17.1. The Balaban J connectivity index is 1.61. The topological polar surface area (TPSA) is 52.6 Å². The molecule has 126 valence electrons. The summed E-state index contributed by atoms with van der Waals surface area (Å²) in [4.78, 5) is 27.2. The molecule has 0 atom stereocenters. The predicted molar refractivity (Wildman–Crippen MR) is 95.9 cm³/mol. The third-order valence-electron chi connectivity index (χ3n) is 4.06.